The van der Waals surface area contributed by atoms with E-state index >= 15 is 0 Å². The molecule has 0 radical (unpaired) electrons. The van der Waals surface area contributed by atoms with Gasteiger partial charge in [-0.25, -0.2) is 0 Å². The molecule has 4 rings (SSSR count). The Morgan fingerprint density at radius 1 is 1.23 bits per heavy atom. The van der Waals surface area contributed by atoms with Crippen molar-refractivity contribution in [2.75, 3.05) is 10.2 Å². The van der Waals surface area contributed by atoms with E-state index in [2.05, 4.69) is 12.2 Å². The van der Waals surface area contributed by atoms with Gasteiger partial charge in [0.1, 0.15) is 11.8 Å². The minimum atomic E-state index is -0.538. The molecule has 1 aromatic heterocycles. The van der Waals surface area contributed by atoms with Crippen molar-refractivity contribution >= 4 is 23.1 Å². The van der Waals surface area contributed by atoms with Gasteiger partial charge in [0.05, 0.1) is 17.6 Å². The number of rotatable bonds is 2. The second kappa shape index (κ2) is 6.48. The minimum Gasteiger partial charge on any atom is -0.467 e. The molecule has 0 spiro atoms. The van der Waals surface area contributed by atoms with Crippen LogP contribution in [-0.2, 0) is 9.59 Å². The number of hydrogen-bond donors (Lipinski definition) is 1. The zero-order chi connectivity index (χ0) is 18.3. The van der Waals surface area contributed by atoms with Gasteiger partial charge in [-0.15, -0.1) is 0 Å². The quantitative estimate of drug-likeness (QED) is 0.869. The standard InChI is InChI=1S/C21H22N2O3/c1-3-19(25)23-16-8-5-4-7-14(16)22-15-11-13(2)12-17(24)20(15)21(23)18-9-6-10-26-18/h4-10,13,21-22H,3,11-12H2,1-2H3/t13-,21-/m0/s1. The monoisotopic (exact) mass is 350 g/mol. The van der Waals surface area contributed by atoms with E-state index < -0.39 is 6.04 Å². The van der Waals surface area contributed by atoms with Crippen LogP contribution in [0, 0.1) is 5.92 Å². The maximum atomic E-state index is 13.0. The number of carbonyl (C=O) groups is 2. The fraction of sp³-hybridized carbons (Fsp3) is 0.333. The van der Waals surface area contributed by atoms with Crippen LogP contribution in [-0.4, -0.2) is 11.7 Å². The molecule has 1 aliphatic carbocycles. The first-order valence-corrected chi connectivity index (χ1v) is 9.08. The summed E-state index contributed by atoms with van der Waals surface area (Å²) in [7, 11) is 0. The van der Waals surface area contributed by atoms with Gasteiger partial charge in [0.25, 0.3) is 0 Å². The maximum Gasteiger partial charge on any atom is 0.227 e. The SMILES string of the molecule is CCC(=O)N1c2ccccc2NC2=C(C(=O)C[C@@H](C)C2)[C@@H]1c1ccco1. The van der Waals surface area contributed by atoms with Crippen LogP contribution in [0.25, 0.3) is 0 Å². The van der Waals surface area contributed by atoms with Crippen LogP contribution in [0.1, 0.15) is 44.9 Å². The summed E-state index contributed by atoms with van der Waals surface area (Å²) in [6.45, 7) is 3.92. The van der Waals surface area contributed by atoms with E-state index in [1.54, 1.807) is 17.2 Å². The van der Waals surface area contributed by atoms with E-state index in [0.29, 0.717) is 24.2 Å². The van der Waals surface area contributed by atoms with Crippen molar-refractivity contribution in [2.45, 2.75) is 39.2 Å². The van der Waals surface area contributed by atoms with Crippen molar-refractivity contribution in [1.29, 1.82) is 0 Å². The Morgan fingerprint density at radius 2 is 2.04 bits per heavy atom. The molecule has 0 saturated heterocycles. The molecule has 0 fully saturated rings. The Balaban J connectivity index is 1.99. The molecule has 1 aromatic carbocycles. The zero-order valence-corrected chi connectivity index (χ0v) is 15.0. The van der Waals surface area contributed by atoms with Crippen molar-refractivity contribution in [3.05, 3.63) is 59.7 Å². The van der Waals surface area contributed by atoms with Crippen molar-refractivity contribution in [3.63, 3.8) is 0 Å². The lowest BCUT2D eigenvalue weighted by Gasteiger charge is -2.32. The van der Waals surface area contributed by atoms with Crippen molar-refractivity contribution in [1.82, 2.24) is 0 Å². The van der Waals surface area contributed by atoms with E-state index in [4.69, 9.17) is 4.42 Å². The molecule has 2 aliphatic rings. The fourth-order valence-electron chi connectivity index (χ4n) is 3.95. The predicted octanol–water partition coefficient (Wildman–Crippen LogP) is 4.44. The van der Waals surface area contributed by atoms with Crippen molar-refractivity contribution in [2.24, 2.45) is 5.92 Å². The van der Waals surface area contributed by atoms with Crippen LogP contribution in [0.3, 0.4) is 0 Å². The normalized spacial score (nSPS) is 22.4. The highest BCUT2D eigenvalue weighted by Gasteiger charge is 2.41. The molecule has 134 valence electrons. The van der Waals surface area contributed by atoms with Gasteiger partial charge in [-0.2, -0.15) is 0 Å². The molecule has 5 heteroatoms. The summed E-state index contributed by atoms with van der Waals surface area (Å²) in [5.41, 5.74) is 3.17. The number of Topliss-reactive ketones (excluding diaryl/α,β-unsaturated/α-hetero) is 1. The third-order valence-electron chi connectivity index (χ3n) is 5.08. The first kappa shape index (κ1) is 16.6. The number of amides is 1. The van der Waals surface area contributed by atoms with E-state index in [1.165, 1.54) is 0 Å². The molecule has 1 N–H and O–H groups in total. The molecule has 1 aliphatic heterocycles. The third kappa shape index (κ3) is 2.64. The van der Waals surface area contributed by atoms with Crippen molar-refractivity contribution in [3.8, 4) is 0 Å². The van der Waals surface area contributed by atoms with Crippen LogP contribution in [0.2, 0.25) is 0 Å². The maximum absolute atomic E-state index is 13.0. The number of furan rings is 1. The van der Waals surface area contributed by atoms with Crippen LogP contribution in [0.15, 0.2) is 58.3 Å². The zero-order valence-electron chi connectivity index (χ0n) is 15.0. The predicted molar refractivity (Wildman–Crippen MR) is 99.7 cm³/mol. The van der Waals surface area contributed by atoms with Gasteiger partial charge in [0.2, 0.25) is 5.91 Å². The van der Waals surface area contributed by atoms with Gasteiger partial charge in [-0.3, -0.25) is 14.5 Å². The number of nitrogens with zero attached hydrogens (tertiary/aromatic N) is 1. The summed E-state index contributed by atoms with van der Waals surface area (Å²) >= 11 is 0. The molecule has 0 saturated carbocycles. The Bertz CT molecular complexity index is 882. The average Bonchev–Trinajstić information content (AvgIpc) is 3.10. The summed E-state index contributed by atoms with van der Waals surface area (Å²) < 4.78 is 5.68. The largest absolute Gasteiger partial charge is 0.467 e. The topological polar surface area (TPSA) is 62.6 Å². The molecular formula is C21H22N2O3. The molecule has 2 heterocycles. The lowest BCUT2D eigenvalue weighted by Crippen LogP contribution is -2.38. The summed E-state index contributed by atoms with van der Waals surface area (Å²) in [5.74, 6) is 0.919. The van der Waals surface area contributed by atoms with E-state index in [9.17, 15) is 9.59 Å². The van der Waals surface area contributed by atoms with Gasteiger partial charge in [-0.1, -0.05) is 26.0 Å². The number of carbonyl (C=O) groups excluding carboxylic acids is 2. The summed E-state index contributed by atoms with van der Waals surface area (Å²) in [5, 5.41) is 3.45. The third-order valence-corrected chi connectivity index (χ3v) is 5.08. The summed E-state index contributed by atoms with van der Waals surface area (Å²) in [6.07, 6.45) is 3.20. The highest BCUT2D eigenvalue weighted by molar-refractivity contribution is 6.05. The van der Waals surface area contributed by atoms with Crippen LogP contribution in [0.5, 0.6) is 0 Å². The molecular weight excluding hydrogens is 328 g/mol. The number of nitrogens with one attached hydrogen (secondary N) is 1. The molecule has 26 heavy (non-hydrogen) atoms. The highest BCUT2D eigenvalue weighted by Crippen LogP contribution is 2.45. The molecule has 2 aromatic rings. The van der Waals surface area contributed by atoms with Gasteiger partial charge >= 0.3 is 0 Å². The first-order valence-electron chi connectivity index (χ1n) is 9.08. The van der Waals surface area contributed by atoms with Gasteiger partial charge in [-0.05, 0) is 36.6 Å². The molecule has 1 amide bonds. The smallest absolute Gasteiger partial charge is 0.227 e. The van der Waals surface area contributed by atoms with Gasteiger partial charge in [0.15, 0.2) is 5.78 Å². The number of benzene rings is 1. The number of ketones is 1. The van der Waals surface area contributed by atoms with Crippen LogP contribution >= 0.6 is 0 Å². The molecule has 2 atom stereocenters. The Labute approximate surface area is 152 Å². The van der Waals surface area contributed by atoms with Gasteiger partial charge < -0.3 is 9.73 Å². The summed E-state index contributed by atoms with van der Waals surface area (Å²) in [6, 6.07) is 10.8. The van der Waals surface area contributed by atoms with E-state index in [0.717, 1.165) is 23.5 Å². The Kier molecular flexibility index (Phi) is 4.15. The van der Waals surface area contributed by atoms with Crippen LogP contribution in [0.4, 0.5) is 11.4 Å². The second-order valence-electron chi connectivity index (χ2n) is 7.01. The number of para-hydroxylation sites is 2. The molecule has 5 nitrogen and oxygen atoms in total. The fourth-order valence-corrected chi connectivity index (χ4v) is 3.95. The number of allylic oxidation sites excluding steroid dienone is 1. The Morgan fingerprint density at radius 3 is 2.77 bits per heavy atom. The van der Waals surface area contributed by atoms with E-state index in [-0.39, 0.29) is 17.6 Å². The minimum absolute atomic E-state index is 0.0409. The number of hydrogen-bond acceptors (Lipinski definition) is 4. The molecule has 0 bridgehead atoms. The second-order valence-corrected chi connectivity index (χ2v) is 7.01. The van der Waals surface area contributed by atoms with Crippen molar-refractivity contribution < 1.29 is 14.0 Å². The first-order chi connectivity index (χ1) is 12.6. The van der Waals surface area contributed by atoms with Gasteiger partial charge in [0, 0.05) is 24.1 Å². The average molecular weight is 350 g/mol. The number of anilines is 2. The van der Waals surface area contributed by atoms with Crippen LogP contribution < -0.4 is 10.2 Å². The highest BCUT2D eigenvalue weighted by atomic mass is 16.3. The molecule has 0 unspecified atom stereocenters. The lowest BCUT2D eigenvalue weighted by molar-refractivity contribution is -0.119. The summed E-state index contributed by atoms with van der Waals surface area (Å²) in [4.78, 5) is 27.7. The Hall–Kier alpha value is -2.82. The lowest BCUT2D eigenvalue weighted by atomic mass is 9.83. The number of fused-ring (bicyclic) bond motifs is 1. The van der Waals surface area contributed by atoms with E-state index in [1.807, 2.05) is 37.3 Å².